The van der Waals surface area contributed by atoms with Crippen LogP contribution in [0.3, 0.4) is 0 Å². The highest BCUT2D eigenvalue weighted by Crippen LogP contribution is 2.28. The molecule has 0 heterocycles. The predicted molar refractivity (Wildman–Crippen MR) is 172 cm³/mol. The topological polar surface area (TPSA) is 86.8 Å². The molecule has 0 unspecified atom stereocenters. The predicted octanol–water partition coefficient (Wildman–Crippen LogP) is 6.44. The lowest BCUT2D eigenvalue weighted by Crippen LogP contribution is -2.56. The molecule has 0 aliphatic rings. The second-order valence-corrected chi connectivity index (χ2v) is 14.4. The zero-order valence-electron chi connectivity index (χ0n) is 24.9. The van der Waals surface area contributed by atoms with Crippen molar-refractivity contribution in [1.82, 2.24) is 10.2 Å². The Balaban J connectivity index is 2.11. The zero-order chi connectivity index (χ0) is 31.2. The molecule has 0 spiro atoms. The molecule has 0 aromatic heterocycles. The summed E-state index contributed by atoms with van der Waals surface area (Å²) in [5.74, 6) is -0.701. The fraction of sp³-hybridized carbons (Fsp3) is 0.375. The molecule has 0 aliphatic carbocycles. The highest BCUT2D eigenvalue weighted by Gasteiger charge is 2.35. The molecule has 3 aromatic carbocycles. The minimum atomic E-state index is -3.87. The largest absolute Gasteiger partial charge is 0.350 e. The lowest BCUT2D eigenvalue weighted by Gasteiger charge is -2.35. The average molecular weight is 633 g/mol. The van der Waals surface area contributed by atoms with Gasteiger partial charge < -0.3 is 10.2 Å². The minimum Gasteiger partial charge on any atom is -0.350 e. The Kier molecular flexibility index (Phi) is 11.1. The molecule has 1 N–H and O–H groups in total. The number of nitrogens with one attached hydrogen (secondary N) is 1. The lowest BCUT2D eigenvalue weighted by molar-refractivity contribution is -0.140. The summed E-state index contributed by atoms with van der Waals surface area (Å²) in [4.78, 5) is 29.4. The van der Waals surface area contributed by atoms with E-state index in [1.54, 1.807) is 30.3 Å². The molecule has 226 valence electrons. The molecule has 1 atom stereocenters. The van der Waals surface area contributed by atoms with Gasteiger partial charge in [0.2, 0.25) is 21.8 Å². The van der Waals surface area contributed by atoms with E-state index in [0.29, 0.717) is 21.3 Å². The maximum absolute atomic E-state index is 14.2. The molecule has 7 nitrogen and oxygen atoms in total. The molecule has 0 saturated carbocycles. The van der Waals surface area contributed by atoms with Crippen LogP contribution in [0.15, 0.2) is 72.8 Å². The van der Waals surface area contributed by atoms with Crippen molar-refractivity contribution in [2.45, 2.75) is 65.1 Å². The van der Waals surface area contributed by atoms with Crippen LogP contribution in [0.1, 0.15) is 57.2 Å². The van der Waals surface area contributed by atoms with Crippen molar-refractivity contribution in [2.75, 3.05) is 17.1 Å². The number of amides is 2. The first-order valence-electron chi connectivity index (χ1n) is 13.7. The monoisotopic (exact) mass is 631 g/mol. The average Bonchev–Trinajstić information content (AvgIpc) is 2.89. The number of benzene rings is 3. The molecule has 2 amide bonds. The van der Waals surface area contributed by atoms with E-state index in [1.165, 1.54) is 4.90 Å². The number of carbonyl (C=O) groups excluding carboxylic acids is 2. The Morgan fingerprint density at radius 3 is 1.95 bits per heavy atom. The zero-order valence-corrected chi connectivity index (χ0v) is 27.2. The van der Waals surface area contributed by atoms with Crippen molar-refractivity contribution in [2.24, 2.45) is 0 Å². The maximum Gasteiger partial charge on any atom is 0.244 e. The van der Waals surface area contributed by atoms with Gasteiger partial charge in [0, 0.05) is 34.1 Å². The third kappa shape index (κ3) is 9.21. The summed E-state index contributed by atoms with van der Waals surface area (Å²) >= 11 is 13.0. The van der Waals surface area contributed by atoms with E-state index in [4.69, 9.17) is 23.2 Å². The third-order valence-corrected chi connectivity index (χ3v) is 8.54. The molecule has 0 saturated heterocycles. The van der Waals surface area contributed by atoms with Crippen molar-refractivity contribution >= 4 is 50.7 Å². The number of rotatable bonds is 11. The molecule has 3 aromatic rings. The number of hydrogen-bond donors (Lipinski definition) is 1. The molecular formula is C32H39Cl2N3O4S. The fourth-order valence-electron chi connectivity index (χ4n) is 4.50. The van der Waals surface area contributed by atoms with Crippen LogP contribution in [0.2, 0.25) is 10.0 Å². The normalized spacial score (nSPS) is 12.6. The lowest BCUT2D eigenvalue weighted by atomic mass is 10.0. The standard InChI is InChI=1S/C32H39Cl2N3O4S/c1-22(2)24-15-17-25(18-16-24)37(42(6,40)41)21-30(38)36(20-26-27(33)13-10-14-28(26)34)29(31(39)35-32(3,4)5)19-23-11-8-7-9-12-23/h7-18,22,29H,19-21H2,1-6H3,(H,35,39)/t29-/m0/s1. The Labute approximate surface area is 259 Å². The molecule has 10 heteroatoms. The number of sulfonamides is 1. The van der Waals surface area contributed by atoms with Crippen LogP contribution >= 0.6 is 23.2 Å². The third-order valence-electron chi connectivity index (χ3n) is 6.69. The summed E-state index contributed by atoms with van der Waals surface area (Å²) < 4.78 is 27.0. The van der Waals surface area contributed by atoms with Crippen LogP contribution in [0.25, 0.3) is 0 Å². The van der Waals surface area contributed by atoms with Crippen molar-refractivity contribution in [1.29, 1.82) is 0 Å². The van der Waals surface area contributed by atoms with E-state index in [2.05, 4.69) is 5.32 Å². The van der Waals surface area contributed by atoms with Gasteiger partial charge in [-0.3, -0.25) is 13.9 Å². The first kappa shape index (κ1) is 33.4. The molecule has 3 rings (SSSR count). The quantitative estimate of drug-likeness (QED) is 0.264. The van der Waals surface area contributed by atoms with Gasteiger partial charge in [-0.1, -0.05) is 85.6 Å². The second kappa shape index (κ2) is 13.9. The van der Waals surface area contributed by atoms with Crippen molar-refractivity contribution in [3.63, 3.8) is 0 Å². The van der Waals surface area contributed by atoms with Crippen LogP contribution < -0.4 is 9.62 Å². The highest BCUT2D eigenvalue weighted by molar-refractivity contribution is 7.92. The van der Waals surface area contributed by atoms with Gasteiger partial charge >= 0.3 is 0 Å². The number of carbonyl (C=O) groups is 2. The summed E-state index contributed by atoms with van der Waals surface area (Å²) in [5.41, 5.74) is 2.10. The van der Waals surface area contributed by atoms with Crippen LogP contribution in [0, 0.1) is 0 Å². The van der Waals surface area contributed by atoms with E-state index in [9.17, 15) is 18.0 Å². The van der Waals surface area contributed by atoms with E-state index in [1.807, 2.05) is 77.1 Å². The SMILES string of the molecule is CC(C)c1ccc(N(CC(=O)N(Cc2c(Cl)cccc2Cl)[C@@H](Cc2ccccc2)C(=O)NC(C)(C)C)S(C)(=O)=O)cc1. The number of halogens is 2. The van der Waals surface area contributed by atoms with Crippen LogP contribution in [0.4, 0.5) is 5.69 Å². The van der Waals surface area contributed by atoms with Gasteiger partial charge in [-0.25, -0.2) is 8.42 Å². The van der Waals surface area contributed by atoms with Gasteiger partial charge in [0.05, 0.1) is 11.9 Å². The molecule has 0 fully saturated rings. The van der Waals surface area contributed by atoms with Crippen LogP contribution in [-0.4, -0.2) is 49.5 Å². The van der Waals surface area contributed by atoms with E-state index >= 15 is 0 Å². The van der Waals surface area contributed by atoms with Gasteiger partial charge in [-0.05, 0) is 62.1 Å². The van der Waals surface area contributed by atoms with Crippen LogP contribution in [0.5, 0.6) is 0 Å². The summed E-state index contributed by atoms with van der Waals surface area (Å²) in [6.07, 6.45) is 1.25. The Morgan fingerprint density at radius 2 is 1.45 bits per heavy atom. The van der Waals surface area contributed by atoms with Crippen LogP contribution in [-0.2, 0) is 32.6 Å². The first-order valence-corrected chi connectivity index (χ1v) is 16.3. The van der Waals surface area contributed by atoms with Gasteiger partial charge in [0.15, 0.2) is 0 Å². The smallest absolute Gasteiger partial charge is 0.244 e. The fourth-order valence-corrected chi connectivity index (χ4v) is 5.87. The van der Waals surface area contributed by atoms with E-state index in [-0.39, 0.29) is 24.8 Å². The van der Waals surface area contributed by atoms with Crippen molar-refractivity contribution in [3.05, 3.63) is 99.5 Å². The van der Waals surface area contributed by atoms with E-state index < -0.39 is 34.1 Å². The number of anilines is 1. The maximum atomic E-state index is 14.2. The molecule has 0 aliphatic heterocycles. The Hall–Kier alpha value is -3.07. The summed E-state index contributed by atoms with van der Waals surface area (Å²) in [6, 6.07) is 20.4. The number of hydrogen-bond acceptors (Lipinski definition) is 4. The van der Waals surface area contributed by atoms with Gasteiger partial charge in [-0.15, -0.1) is 0 Å². The minimum absolute atomic E-state index is 0.101. The Morgan fingerprint density at radius 1 is 0.881 bits per heavy atom. The second-order valence-electron chi connectivity index (χ2n) is 11.7. The van der Waals surface area contributed by atoms with Gasteiger partial charge in [0.1, 0.15) is 12.6 Å². The summed E-state index contributed by atoms with van der Waals surface area (Å²) in [7, 11) is -3.87. The molecule has 42 heavy (non-hydrogen) atoms. The van der Waals surface area contributed by atoms with Crippen molar-refractivity contribution < 1.29 is 18.0 Å². The summed E-state index contributed by atoms with van der Waals surface area (Å²) in [6.45, 7) is 9.03. The molecule has 0 radical (unpaired) electrons. The Bertz CT molecular complexity index is 1470. The van der Waals surface area contributed by atoms with E-state index in [0.717, 1.165) is 21.7 Å². The van der Waals surface area contributed by atoms with Gasteiger partial charge in [-0.2, -0.15) is 0 Å². The van der Waals surface area contributed by atoms with Crippen molar-refractivity contribution in [3.8, 4) is 0 Å². The molecule has 0 bridgehead atoms. The number of nitrogens with zero attached hydrogens (tertiary/aromatic N) is 2. The van der Waals surface area contributed by atoms with Gasteiger partial charge in [0.25, 0.3) is 0 Å². The first-order chi connectivity index (χ1) is 19.6. The highest BCUT2D eigenvalue weighted by atomic mass is 35.5. The summed E-state index contributed by atoms with van der Waals surface area (Å²) in [5, 5.41) is 3.66. The molecular weight excluding hydrogens is 593 g/mol.